The van der Waals surface area contributed by atoms with Crippen molar-refractivity contribution in [1.82, 2.24) is 9.97 Å². The van der Waals surface area contributed by atoms with Crippen molar-refractivity contribution in [2.24, 2.45) is 28.9 Å². The second-order valence-electron chi connectivity index (χ2n) is 9.68. The monoisotopic (exact) mass is 442 g/mol. The molecule has 2 aromatic rings. The van der Waals surface area contributed by atoms with Crippen molar-refractivity contribution in [2.75, 3.05) is 17.2 Å². The van der Waals surface area contributed by atoms with E-state index in [1.165, 1.54) is 25.5 Å². The fourth-order valence-corrected chi connectivity index (χ4v) is 6.32. The summed E-state index contributed by atoms with van der Waals surface area (Å²) in [4.78, 5) is 8.45. The van der Waals surface area contributed by atoms with Crippen LogP contribution in [0.3, 0.4) is 0 Å². The van der Waals surface area contributed by atoms with Crippen molar-refractivity contribution in [2.45, 2.75) is 44.7 Å². The van der Waals surface area contributed by atoms with Crippen molar-refractivity contribution in [3.63, 3.8) is 0 Å². The van der Waals surface area contributed by atoms with Gasteiger partial charge in [-0.1, -0.05) is 0 Å². The molecule has 6 nitrogen and oxygen atoms in total. The molecule has 3 unspecified atom stereocenters. The third-order valence-electron chi connectivity index (χ3n) is 7.52. The molecule has 1 heterocycles. The van der Waals surface area contributed by atoms with E-state index in [4.69, 9.17) is 5.73 Å². The minimum Gasteiger partial charge on any atom is -0.368 e. The molecular formula is C23H25F3N6. The molecular weight excluding hydrogens is 417 g/mol. The maximum atomic E-state index is 13.9. The van der Waals surface area contributed by atoms with E-state index in [1.54, 1.807) is 0 Å². The zero-order chi connectivity index (χ0) is 22.5. The van der Waals surface area contributed by atoms with Crippen LogP contribution in [0.5, 0.6) is 0 Å². The number of rotatable bonds is 6. The van der Waals surface area contributed by atoms with E-state index >= 15 is 0 Å². The number of anilines is 2. The van der Waals surface area contributed by atoms with E-state index < -0.39 is 17.5 Å². The third kappa shape index (κ3) is 3.77. The standard InChI is InChI=1S/C23H25F3N6/c24-17-3-15(19(26)18(25)4-17)9-29-22-30-10-16(8-27)21(32-22)31-11-23-5-12-1-13(6-23)20(28)14(2-12)7-23/h3-4,10,12-14,20H,1-2,5-7,9,11,28H2,(H2,29,30,31,32)/t12?,13-,14+,20?,23?. The van der Waals surface area contributed by atoms with Gasteiger partial charge in [0.1, 0.15) is 23.3 Å². The van der Waals surface area contributed by atoms with Gasteiger partial charge in [0, 0.05) is 30.8 Å². The van der Waals surface area contributed by atoms with Gasteiger partial charge in [0.05, 0.1) is 6.20 Å². The van der Waals surface area contributed by atoms with Gasteiger partial charge < -0.3 is 16.4 Å². The van der Waals surface area contributed by atoms with Crippen molar-refractivity contribution < 1.29 is 13.2 Å². The molecule has 0 radical (unpaired) electrons. The van der Waals surface area contributed by atoms with Gasteiger partial charge in [-0.15, -0.1) is 0 Å². The van der Waals surface area contributed by atoms with E-state index in [1.807, 2.05) is 0 Å². The molecule has 1 aromatic carbocycles. The summed E-state index contributed by atoms with van der Waals surface area (Å²) in [5, 5.41) is 15.6. The molecule has 4 N–H and O–H groups in total. The molecule has 5 atom stereocenters. The topological polar surface area (TPSA) is 99.6 Å². The van der Waals surface area contributed by atoms with Crippen molar-refractivity contribution >= 4 is 11.8 Å². The van der Waals surface area contributed by atoms with E-state index in [9.17, 15) is 18.4 Å². The van der Waals surface area contributed by atoms with Gasteiger partial charge in [0.25, 0.3) is 0 Å². The van der Waals surface area contributed by atoms with Gasteiger partial charge in [-0.3, -0.25) is 0 Å². The molecule has 4 bridgehead atoms. The lowest BCUT2D eigenvalue weighted by Gasteiger charge is -2.59. The van der Waals surface area contributed by atoms with E-state index in [2.05, 4.69) is 26.7 Å². The highest BCUT2D eigenvalue weighted by Gasteiger charge is 2.54. The van der Waals surface area contributed by atoms with E-state index in [-0.39, 0.29) is 23.5 Å². The Bertz CT molecular complexity index is 1070. The minimum atomic E-state index is -1.25. The number of benzene rings is 1. The van der Waals surface area contributed by atoms with Crippen LogP contribution in [0, 0.1) is 52.0 Å². The van der Waals surface area contributed by atoms with Gasteiger partial charge in [0.15, 0.2) is 11.6 Å². The normalized spacial score (nSPS) is 30.2. The fraction of sp³-hybridized carbons (Fsp3) is 0.522. The Hall–Kier alpha value is -2.86. The molecule has 168 valence electrons. The number of aromatic nitrogens is 2. The molecule has 1 aromatic heterocycles. The van der Waals surface area contributed by atoms with Crippen LogP contribution in [0.4, 0.5) is 24.9 Å². The molecule has 4 aliphatic carbocycles. The maximum Gasteiger partial charge on any atom is 0.224 e. The highest BCUT2D eigenvalue weighted by Crippen LogP contribution is 2.59. The molecule has 0 amide bonds. The summed E-state index contributed by atoms with van der Waals surface area (Å²) >= 11 is 0. The summed E-state index contributed by atoms with van der Waals surface area (Å²) in [7, 11) is 0. The number of nitrogens with zero attached hydrogens (tertiary/aromatic N) is 3. The number of hydrogen-bond acceptors (Lipinski definition) is 6. The van der Waals surface area contributed by atoms with Gasteiger partial charge in [-0.2, -0.15) is 10.2 Å². The quantitative estimate of drug-likeness (QED) is 0.586. The molecule has 4 saturated carbocycles. The summed E-state index contributed by atoms with van der Waals surface area (Å²) in [6.45, 7) is 0.511. The minimum absolute atomic E-state index is 0.142. The van der Waals surface area contributed by atoms with Crippen LogP contribution in [0.1, 0.15) is 43.2 Å². The molecule has 0 aliphatic heterocycles. The summed E-state index contributed by atoms with van der Waals surface area (Å²) in [6, 6.07) is 3.81. The largest absolute Gasteiger partial charge is 0.368 e. The van der Waals surface area contributed by atoms with Gasteiger partial charge in [-0.05, 0) is 61.3 Å². The maximum absolute atomic E-state index is 13.9. The van der Waals surface area contributed by atoms with Crippen LogP contribution in [0.15, 0.2) is 18.3 Å². The first-order valence-electron chi connectivity index (χ1n) is 11.0. The average molecular weight is 442 g/mol. The molecule has 0 spiro atoms. The zero-order valence-corrected chi connectivity index (χ0v) is 17.5. The SMILES string of the molecule is N#Cc1cnc(NCc2cc(F)cc(F)c2F)nc1NCC12CC3C[C@H](C1)C(N)[C@@H](C3)C2. The van der Waals surface area contributed by atoms with Crippen LogP contribution in [0.25, 0.3) is 0 Å². The smallest absolute Gasteiger partial charge is 0.224 e. The Labute approximate surface area is 184 Å². The molecule has 6 rings (SSSR count). The number of nitrogens with one attached hydrogen (secondary N) is 2. The lowest BCUT2D eigenvalue weighted by atomic mass is 9.48. The van der Waals surface area contributed by atoms with Crippen molar-refractivity contribution in [3.05, 3.63) is 46.9 Å². The van der Waals surface area contributed by atoms with Gasteiger partial charge >= 0.3 is 0 Å². The first-order chi connectivity index (χ1) is 15.4. The molecule has 0 saturated heterocycles. The van der Waals surface area contributed by atoms with Gasteiger partial charge in [-0.25, -0.2) is 18.2 Å². The fourth-order valence-electron chi connectivity index (χ4n) is 6.32. The average Bonchev–Trinajstić information content (AvgIpc) is 2.77. The second-order valence-corrected chi connectivity index (χ2v) is 9.68. The van der Waals surface area contributed by atoms with E-state index in [0.717, 1.165) is 24.8 Å². The Morgan fingerprint density at radius 1 is 1.12 bits per heavy atom. The third-order valence-corrected chi connectivity index (χ3v) is 7.52. The lowest BCUT2D eigenvalue weighted by molar-refractivity contribution is -0.0591. The van der Waals surface area contributed by atoms with Crippen LogP contribution < -0.4 is 16.4 Å². The molecule has 9 heteroatoms. The molecule has 4 aliphatic rings. The summed E-state index contributed by atoms with van der Waals surface area (Å²) in [5.74, 6) is -0.816. The van der Waals surface area contributed by atoms with Crippen molar-refractivity contribution in [1.29, 1.82) is 5.26 Å². The van der Waals surface area contributed by atoms with Crippen LogP contribution in [-0.4, -0.2) is 22.6 Å². The van der Waals surface area contributed by atoms with Gasteiger partial charge in [0.2, 0.25) is 5.95 Å². The van der Waals surface area contributed by atoms with Crippen LogP contribution in [-0.2, 0) is 6.54 Å². The van der Waals surface area contributed by atoms with Crippen molar-refractivity contribution in [3.8, 4) is 6.07 Å². The highest BCUT2D eigenvalue weighted by molar-refractivity contribution is 5.53. The first-order valence-corrected chi connectivity index (χ1v) is 11.0. The predicted molar refractivity (Wildman–Crippen MR) is 113 cm³/mol. The summed E-state index contributed by atoms with van der Waals surface area (Å²) in [5.41, 5.74) is 6.74. The number of hydrogen-bond donors (Lipinski definition) is 3. The molecule has 4 fully saturated rings. The Balaban J connectivity index is 1.30. The zero-order valence-electron chi connectivity index (χ0n) is 17.5. The van der Waals surface area contributed by atoms with Crippen LogP contribution in [0.2, 0.25) is 0 Å². The Morgan fingerprint density at radius 2 is 1.88 bits per heavy atom. The molecule has 32 heavy (non-hydrogen) atoms. The Morgan fingerprint density at radius 3 is 2.59 bits per heavy atom. The Kier molecular flexibility index (Phi) is 5.20. The second kappa shape index (κ2) is 7.93. The lowest BCUT2D eigenvalue weighted by Crippen LogP contribution is -2.58. The number of nitriles is 1. The first kappa shape index (κ1) is 21.0. The predicted octanol–water partition coefficient (Wildman–Crippen LogP) is 3.94. The van der Waals surface area contributed by atoms with E-state index in [0.29, 0.717) is 41.9 Å². The van der Waals surface area contributed by atoms with Crippen LogP contribution >= 0.6 is 0 Å². The number of halogens is 3. The number of nitrogens with two attached hydrogens (primary N) is 1. The summed E-state index contributed by atoms with van der Waals surface area (Å²) in [6.07, 6.45) is 7.19. The summed E-state index contributed by atoms with van der Waals surface area (Å²) < 4.78 is 40.7. The highest BCUT2D eigenvalue weighted by atomic mass is 19.2.